The van der Waals surface area contributed by atoms with Gasteiger partial charge in [0.15, 0.2) is 0 Å². The van der Waals surface area contributed by atoms with Crippen LogP contribution in [0.3, 0.4) is 0 Å². The summed E-state index contributed by atoms with van der Waals surface area (Å²) in [7, 11) is 1.73. The van der Waals surface area contributed by atoms with Crippen molar-refractivity contribution in [3.63, 3.8) is 0 Å². The summed E-state index contributed by atoms with van der Waals surface area (Å²) in [5.74, 6) is 0. The van der Waals surface area contributed by atoms with Gasteiger partial charge in [-0.1, -0.05) is 0 Å². The summed E-state index contributed by atoms with van der Waals surface area (Å²) < 4.78 is 10.9. The molecule has 1 N–H and O–H groups in total. The predicted molar refractivity (Wildman–Crippen MR) is 55.4 cm³/mol. The van der Waals surface area contributed by atoms with Crippen LogP contribution in [0.15, 0.2) is 0 Å². The van der Waals surface area contributed by atoms with Gasteiger partial charge in [0, 0.05) is 7.11 Å². The molecular weight excluding hydrogens is 178 g/mol. The molecule has 1 heterocycles. The van der Waals surface area contributed by atoms with Crippen molar-refractivity contribution < 1.29 is 9.47 Å². The lowest BCUT2D eigenvalue weighted by Crippen LogP contribution is -2.52. The molecule has 82 valence electrons. The van der Waals surface area contributed by atoms with E-state index in [0.29, 0.717) is 11.5 Å². The average molecular weight is 199 g/mol. The van der Waals surface area contributed by atoms with E-state index in [1.807, 2.05) is 0 Å². The van der Waals surface area contributed by atoms with E-state index in [0.717, 1.165) is 13.2 Å². The number of ether oxygens (including phenoxy) is 2. The molecule has 0 amide bonds. The Labute approximate surface area is 86.2 Å². The summed E-state index contributed by atoms with van der Waals surface area (Å²) in [5, 5.41) is 3.42. The van der Waals surface area contributed by atoms with Crippen LogP contribution in [0.2, 0.25) is 0 Å². The Bertz CT molecular complexity index is 178. The van der Waals surface area contributed by atoms with Crippen molar-refractivity contribution in [3.8, 4) is 0 Å². The number of nitrogens with one attached hydrogen (secondary N) is 1. The fraction of sp³-hybridized carbons (Fsp3) is 1.00. The molecule has 0 radical (unpaired) electrons. The second-order valence-corrected chi connectivity index (χ2v) is 4.50. The van der Waals surface area contributed by atoms with Crippen molar-refractivity contribution in [1.82, 2.24) is 5.32 Å². The molecule has 3 nitrogen and oxygen atoms in total. The molecule has 2 fully saturated rings. The van der Waals surface area contributed by atoms with Gasteiger partial charge in [0.1, 0.15) is 0 Å². The number of hydrogen-bond acceptors (Lipinski definition) is 3. The maximum atomic E-state index is 5.86. The maximum Gasteiger partial charge on any atom is 0.0704 e. The number of rotatable bonds is 4. The van der Waals surface area contributed by atoms with Gasteiger partial charge in [-0.3, -0.25) is 0 Å². The fourth-order valence-corrected chi connectivity index (χ4v) is 2.70. The first-order chi connectivity index (χ1) is 6.87. The minimum absolute atomic E-state index is 0.514. The Morgan fingerprint density at radius 3 is 2.57 bits per heavy atom. The lowest BCUT2D eigenvalue weighted by Gasteiger charge is -2.51. The zero-order valence-corrected chi connectivity index (χ0v) is 9.05. The molecule has 1 aliphatic heterocycles. The Hall–Kier alpha value is -0.120. The Morgan fingerprint density at radius 2 is 2.00 bits per heavy atom. The van der Waals surface area contributed by atoms with E-state index in [4.69, 9.17) is 9.47 Å². The summed E-state index contributed by atoms with van der Waals surface area (Å²) in [4.78, 5) is 0. The van der Waals surface area contributed by atoms with Crippen LogP contribution in [0.1, 0.15) is 25.7 Å². The highest BCUT2D eigenvalue weighted by molar-refractivity contribution is 4.99. The first kappa shape index (κ1) is 10.4. The first-order valence-electron chi connectivity index (χ1n) is 5.69. The van der Waals surface area contributed by atoms with Crippen molar-refractivity contribution in [3.05, 3.63) is 0 Å². The second kappa shape index (κ2) is 4.60. The highest BCUT2D eigenvalue weighted by Gasteiger charge is 2.47. The van der Waals surface area contributed by atoms with Crippen LogP contribution in [-0.4, -0.2) is 39.5 Å². The third-order valence-corrected chi connectivity index (χ3v) is 3.79. The molecule has 0 aromatic heterocycles. The third-order valence-electron chi connectivity index (χ3n) is 3.79. The number of hydrogen-bond donors (Lipinski definition) is 1. The van der Waals surface area contributed by atoms with Gasteiger partial charge in [-0.15, -0.1) is 0 Å². The largest absolute Gasteiger partial charge is 0.382 e. The van der Waals surface area contributed by atoms with E-state index < -0.39 is 0 Å². The van der Waals surface area contributed by atoms with Crippen LogP contribution in [0.4, 0.5) is 0 Å². The molecule has 14 heavy (non-hydrogen) atoms. The van der Waals surface area contributed by atoms with E-state index in [1.165, 1.54) is 38.8 Å². The molecule has 0 aromatic carbocycles. The molecule has 2 rings (SSSR count). The van der Waals surface area contributed by atoms with Crippen LogP contribution in [0.5, 0.6) is 0 Å². The predicted octanol–water partition coefficient (Wildman–Crippen LogP) is 1.18. The van der Waals surface area contributed by atoms with Crippen molar-refractivity contribution >= 4 is 0 Å². The smallest absolute Gasteiger partial charge is 0.0704 e. The lowest BCUT2D eigenvalue weighted by atomic mass is 9.61. The van der Waals surface area contributed by atoms with Crippen molar-refractivity contribution in [2.45, 2.75) is 31.8 Å². The molecule has 1 atom stereocenters. The molecule has 1 saturated carbocycles. The normalized spacial score (nSPS) is 30.2. The molecular formula is C11H21NO2. The van der Waals surface area contributed by atoms with Crippen molar-refractivity contribution in [2.75, 3.05) is 33.4 Å². The van der Waals surface area contributed by atoms with E-state index in [-0.39, 0.29) is 0 Å². The SMILES string of the molecule is COCCO[C@H]1CCC12CCNCC2. The van der Waals surface area contributed by atoms with E-state index in [9.17, 15) is 0 Å². The van der Waals surface area contributed by atoms with Crippen molar-refractivity contribution in [2.24, 2.45) is 5.41 Å². The third kappa shape index (κ3) is 1.95. The van der Waals surface area contributed by atoms with Crippen LogP contribution in [0.25, 0.3) is 0 Å². The van der Waals surface area contributed by atoms with Gasteiger partial charge in [-0.2, -0.15) is 0 Å². The van der Waals surface area contributed by atoms with Gasteiger partial charge in [0.05, 0.1) is 19.3 Å². The van der Waals surface area contributed by atoms with Gasteiger partial charge >= 0.3 is 0 Å². The van der Waals surface area contributed by atoms with Gasteiger partial charge in [-0.05, 0) is 44.2 Å². The van der Waals surface area contributed by atoms with Gasteiger partial charge in [-0.25, -0.2) is 0 Å². The van der Waals surface area contributed by atoms with Crippen LogP contribution in [0, 0.1) is 5.41 Å². The van der Waals surface area contributed by atoms with Crippen molar-refractivity contribution in [1.29, 1.82) is 0 Å². The molecule has 3 heteroatoms. The summed E-state index contributed by atoms with van der Waals surface area (Å²) >= 11 is 0. The van der Waals surface area contributed by atoms with Crippen LogP contribution >= 0.6 is 0 Å². The average Bonchev–Trinajstić information content (AvgIpc) is 2.24. The number of methoxy groups -OCH3 is 1. The Balaban J connectivity index is 1.76. The Morgan fingerprint density at radius 1 is 1.21 bits per heavy atom. The molecule has 1 spiro atoms. The highest BCUT2D eigenvalue weighted by atomic mass is 16.5. The Kier molecular flexibility index (Phi) is 3.42. The molecule has 0 aromatic rings. The lowest BCUT2D eigenvalue weighted by molar-refractivity contribution is -0.132. The topological polar surface area (TPSA) is 30.5 Å². The molecule has 1 aliphatic carbocycles. The summed E-state index contributed by atoms with van der Waals surface area (Å²) in [6, 6.07) is 0. The minimum Gasteiger partial charge on any atom is -0.382 e. The fourth-order valence-electron chi connectivity index (χ4n) is 2.70. The van der Waals surface area contributed by atoms with Crippen LogP contribution in [-0.2, 0) is 9.47 Å². The molecule has 0 bridgehead atoms. The zero-order valence-electron chi connectivity index (χ0n) is 9.05. The summed E-state index contributed by atoms with van der Waals surface area (Å²) in [6.45, 7) is 3.83. The molecule has 2 aliphatic rings. The van der Waals surface area contributed by atoms with E-state index in [2.05, 4.69) is 5.32 Å². The maximum absolute atomic E-state index is 5.86. The van der Waals surface area contributed by atoms with Crippen LogP contribution < -0.4 is 5.32 Å². The molecule has 0 unspecified atom stereocenters. The standard InChI is InChI=1S/C11H21NO2/c1-13-8-9-14-10-2-3-11(10)4-6-12-7-5-11/h10,12H,2-9H2,1H3/t10-/m0/s1. The molecule has 1 saturated heterocycles. The zero-order chi connectivity index (χ0) is 9.86. The van der Waals surface area contributed by atoms with Gasteiger partial charge in [0.25, 0.3) is 0 Å². The van der Waals surface area contributed by atoms with Gasteiger partial charge in [0.2, 0.25) is 0 Å². The van der Waals surface area contributed by atoms with Gasteiger partial charge < -0.3 is 14.8 Å². The quantitative estimate of drug-likeness (QED) is 0.690. The summed E-state index contributed by atoms with van der Waals surface area (Å²) in [6.07, 6.45) is 5.73. The first-order valence-corrected chi connectivity index (χ1v) is 5.69. The van der Waals surface area contributed by atoms with E-state index >= 15 is 0 Å². The van der Waals surface area contributed by atoms with E-state index in [1.54, 1.807) is 7.11 Å². The monoisotopic (exact) mass is 199 g/mol. The summed E-state index contributed by atoms with van der Waals surface area (Å²) in [5.41, 5.74) is 0.527. The second-order valence-electron chi connectivity index (χ2n) is 4.50. The number of piperidine rings is 1. The minimum atomic E-state index is 0.514. The highest BCUT2D eigenvalue weighted by Crippen LogP contribution is 2.49.